The molecule has 1 atom stereocenters. The number of anilines is 1. The number of hydrogen-bond donors (Lipinski definition) is 2. The molecule has 3 heterocycles. The number of aryl methyl sites for hydroxylation is 1. The van der Waals surface area contributed by atoms with Crippen molar-refractivity contribution in [1.82, 2.24) is 24.4 Å². The Labute approximate surface area is 146 Å². The highest BCUT2D eigenvalue weighted by molar-refractivity contribution is 5.77. The maximum absolute atomic E-state index is 9.80. The SMILES string of the molecule is CC(O)C1CCC(c2cc(N)n3ncc(-c4cnn(C)c4)c3n2)CC1. The number of aliphatic hydroxyl groups excluding tert-OH is 1. The van der Waals surface area contributed by atoms with Crippen molar-refractivity contribution in [2.24, 2.45) is 13.0 Å². The van der Waals surface area contributed by atoms with Gasteiger partial charge in [-0.1, -0.05) is 0 Å². The first-order chi connectivity index (χ1) is 12.0. The Bertz CT molecular complexity index is 888. The van der Waals surface area contributed by atoms with Crippen LogP contribution in [0.1, 0.15) is 44.2 Å². The molecule has 4 rings (SSSR count). The first kappa shape index (κ1) is 16.1. The zero-order valence-corrected chi connectivity index (χ0v) is 14.6. The fraction of sp³-hybridized carbons (Fsp3) is 0.500. The van der Waals surface area contributed by atoms with Gasteiger partial charge in [0.2, 0.25) is 0 Å². The van der Waals surface area contributed by atoms with Gasteiger partial charge >= 0.3 is 0 Å². The summed E-state index contributed by atoms with van der Waals surface area (Å²) in [5.41, 5.74) is 9.97. The number of fused-ring (bicyclic) bond motifs is 1. The summed E-state index contributed by atoms with van der Waals surface area (Å²) in [6, 6.07) is 1.94. The maximum Gasteiger partial charge on any atom is 0.165 e. The van der Waals surface area contributed by atoms with Crippen LogP contribution in [0.2, 0.25) is 0 Å². The molecule has 25 heavy (non-hydrogen) atoms. The van der Waals surface area contributed by atoms with Crippen LogP contribution in [0.25, 0.3) is 16.8 Å². The fourth-order valence-corrected chi connectivity index (χ4v) is 3.88. The number of rotatable bonds is 3. The molecule has 0 spiro atoms. The van der Waals surface area contributed by atoms with E-state index in [0.29, 0.717) is 17.7 Å². The molecule has 1 aliphatic rings. The number of nitrogens with two attached hydrogens (primary N) is 1. The van der Waals surface area contributed by atoms with Gasteiger partial charge in [-0.05, 0) is 38.5 Å². The molecule has 3 aromatic heterocycles. The Morgan fingerprint density at radius 2 is 1.96 bits per heavy atom. The summed E-state index contributed by atoms with van der Waals surface area (Å²) < 4.78 is 3.45. The van der Waals surface area contributed by atoms with Gasteiger partial charge in [-0.3, -0.25) is 4.68 Å². The Morgan fingerprint density at radius 3 is 2.60 bits per heavy atom. The van der Waals surface area contributed by atoms with E-state index in [1.54, 1.807) is 15.4 Å². The average Bonchev–Trinajstić information content (AvgIpc) is 3.21. The molecular weight excluding hydrogens is 316 g/mol. The van der Waals surface area contributed by atoms with Gasteiger partial charge in [0.05, 0.1) is 18.5 Å². The van der Waals surface area contributed by atoms with Gasteiger partial charge in [-0.25, -0.2) is 4.98 Å². The molecule has 0 amide bonds. The average molecular weight is 340 g/mol. The van der Waals surface area contributed by atoms with Gasteiger partial charge in [-0.15, -0.1) is 0 Å². The van der Waals surface area contributed by atoms with Crippen LogP contribution in [0.5, 0.6) is 0 Å². The topological polar surface area (TPSA) is 94.3 Å². The monoisotopic (exact) mass is 340 g/mol. The summed E-state index contributed by atoms with van der Waals surface area (Å²) in [5.74, 6) is 1.39. The Morgan fingerprint density at radius 1 is 1.20 bits per heavy atom. The largest absolute Gasteiger partial charge is 0.393 e. The molecule has 1 aliphatic carbocycles. The van der Waals surface area contributed by atoms with Crippen molar-refractivity contribution >= 4 is 11.5 Å². The molecule has 7 nitrogen and oxygen atoms in total. The molecule has 0 radical (unpaired) electrons. The molecule has 0 bridgehead atoms. The van der Waals surface area contributed by atoms with Gasteiger partial charge in [0, 0.05) is 42.0 Å². The smallest absolute Gasteiger partial charge is 0.165 e. The summed E-state index contributed by atoms with van der Waals surface area (Å²) in [6.07, 6.45) is 9.47. The van der Waals surface area contributed by atoms with Crippen LogP contribution in [0.4, 0.5) is 5.82 Å². The summed E-state index contributed by atoms with van der Waals surface area (Å²) >= 11 is 0. The van der Waals surface area contributed by atoms with Crippen molar-refractivity contribution in [3.05, 3.63) is 30.4 Å². The normalized spacial score (nSPS) is 22.4. The third kappa shape index (κ3) is 2.89. The van der Waals surface area contributed by atoms with Crippen molar-refractivity contribution in [2.75, 3.05) is 5.73 Å². The second-order valence-corrected chi connectivity index (χ2v) is 7.15. The molecule has 1 fully saturated rings. The van der Waals surface area contributed by atoms with E-state index in [1.165, 1.54) is 0 Å². The van der Waals surface area contributed by atoms with Crippen molar-refractivity contribution in [3.63, 3.8) is 0 Å². The standard InChI is InChI=1S/C18H24N6O/c1-11(25)12-3-5-13(6-4-12)16-7-17(19)24-18(22-16)15(9-21-24)14-8-20-23(2)10-14/h7-13,25H,3-6,19H2,1-2H3. The number of aliphatic hydroxyl groups is 1. The van der Waals surface area contributed by atoms with Crippen LogP contribution in [0, 0.1) is 5.92 Å². The van der Waals surface area contributed by atoms with Crippen molar-refractivity contribution in [3.8, 4) is 11.1 Å². The van der Waals surface area contributed by atoms with Gasteiger partial charge in [0.1, 0.15) is 5.82 Å². The zero-order valence-electron chi connectivity index (χ0n) is 14.6. The summed E-state index contributed by atoms with van der Waals surface area (Å²) in [4.78, 5) is 4.90. The van der Waals surface area contributed by atoms with Crippen LogP contribution in [-0.4, -0.2) is 35.6 Å². The fourth-order valence-electron chi connectivity index (χ4n) is 3.88. The second kappa shape index (κ2) is 6.15. The Hall–Kier alpha value is -2.41. The maximum atomic E-state index is 9.80. The van der Waals surface area contributed by atoms with Gasteiger partial charge in [0.25, 0.3) is 0 Å². The van der Waals surface area contributed by atoms with E-state index in [1.807, 2.05) is 32.4 Å². The predicted octanol–water partition coefficient (Wildman–Crippen LogP) is 2.37. The lowest BCUT2D eigenvalue weighted by atomic mass is 9.78. The molecular formula is C18H24N6O. The molecule has 3 aromatic rings. The number of hydrogen-bond acceptors (Lipinski definition) is 5. The predicted molar refractivity (Wildman–Crippen MR) is 96.0 cm³/mol. The van der Waals surface area contributed by atoms with E-state index in [4.69, 9.17) is 10.7 Å². The highest BCUT2D eigenvalue weighted by Gasteiger charge is 2.27. The van der Waals surface area contributed by atoms with E-state index in [0.717, 1.165) is 48.2 Å². The van der Waals surface area contributed by atoms with E-state index < -0.39 is 0 Å². The summed E-state index contributed by atoms with van der Waals surface area (Å²) in [6.45, 7) is 1.89. The zero-order chi connectivity index (χ0) is 17.6. The first-order valence-electron chi connectivity index (χ1n) is 8.84. The number of aromatic nitrogens is 5. The minimum atomic E-state index is -0.228. The van der Waals surface area contributed by atoms with Crippen LogP contribution < -0.4 is 5.73 Å². The molecule has 1 unspecified atom stereocenters. The molecule has 0 aliphatic heterocycles. The number of nitrogens with zero attached hydrogens (tertiary/aromatic N) is 5. The molecule has 1 saturated carbocycles. The summed E-state index contributed by atoms with van der Waals surface area (Å²) in [7, 11) is 1.89. The lowest BCUT2D eigenvalue weighted by Crippen LogP contribution is -2.23. The summed E-state index contributed by atoms with van der Waals surface area (Å²) in [5, 5.41) is 18.4. The molecule has 132 valence electrons. The van der Waals surface area contributed by atoms with E-state index in [2.05, 4.69) is 10.2 Å². The Balaban J connectivity index is 1.69. The van der Waals surface area contributed by atoms with Crippen LogP contribution in [0.15, 0.2) is 24.7 Å². The van der Waals surface area contributed by atoms with Gasteiger partial charge in [-0.2, -0.15) is 14.7 Å². The molecule has 0 aromatic carbocycles. The van der Waals surface area contributed by atoms with Crippen molar-refractivity contribution in [1.29, 1.82) is 0 Å². The lowest BCUT2D eigenvalue weighted by Gasteiger charge is -2.30. The van der Waals surface area contributed by atoms with E-state index in [-0.39, 0.29) is 6.10 Å². The number of nitrogen functional groups attached to an aromatic ring is 1. The van der Waals surface area contributed by atoms with E-state index in [9.17, 15) is 5.11 Å². The van der Waals surface area contributed by atoms with Crippen LogP contribution in [0.3, 0.4) is 0 Å². The van der Waals surface area contributed by atoms with Crippen molar-refractivity contribution < 1.29 is 5.11 Å². The quantitative estimate of drug-likeness (QED) is 0.763. The van der Waals surface area contributed by atoms with Crippen LogP contribution >= 0.6 is 0 Å². The second-order valence-electron chi connectivity index (χ2n) is 7.15. The highest BCUT2D eigenvalue weighted by Crippen LogP contribution is 2.37. The third-order valence-corrected chi connectivity index (χ3v) is 5.41. The minimum absolute atomic E-state index is 0.228. The van der Waals surface area contributed by atoms with E-state index >= 15 is 0 Å². The Kier molecular flexibility index (Phi) is 3.95. The minimum Gasteiger partial charge on any atom is -0.393 e. The lowest BCUT2D eigenvalue weighted by molar-refractivity contribution is 0.0964. The molecule has 7 heteroatoms. The third-order valence-electron chi connectivity index (χ3n) is 5.41. The van der Waals surface area contributed by atoms with Crippen LogP contribution in [-0.2, 0) is 7.05 Å². The first-order valence-corrected chi connectivity index (χ1v) is 8.84. The van der Waals surface area contributed by atoms with Gasteiger partial charge < -0.3 is 10.8 Å². The molecule has 3 N–H and O–H groups in total. The highest BCUT2D eigenvalue weighted by atomic mass is 16.3. The van der Waals surface area contributed by atoms with Gasteiger partial charge in [0.15, 0.2) is 5.65 Å². The van der Waals surface area contributed by atoms with Crippen molar-refractivity contribution in [2.45, 2.75) is 44.6 Å². The molecule has 0 saturated heterocycles.